The molecule has 0 heterocycles. The lowest BCUT2D eigenvalue weighted by atomic mass is 10.2. The van der Waals surface area contributed by atoms with Crippen molar-refractivity contribution in [3.63, 3.8) is 0 Å². The molecule has 0 saturated carbocycles. The minimum absolute atomic E-state index is 0.682. The number of rotatable bonds is 5. The summed E-state index contributed by atoms with van der Waals surface area (Å²) in [6.45, 7) is 3.56. The second-order valence-corrected chi connectivity index (χ2v) is 2.07. The van der Waals surface area contributed by atoms with E-state index in [0.29, 0.717) is 6.42 Å². The molecule has 0 saturated heterocycles. The van der Waals surface area contributed by atoms with E-state index in [4.69, 9.17) is 5.26 Å². The van der Waals surface area contributed by atoms with Gasteiger partial charge in [-0.3, -0.25) is 0 Å². The molecule has 0 aromatic heterocycles. The van der Waals surface area contributed by atoms with Gasteiger partial charge in [-0.1, -0.05) is 24.8 Å². The van der Waals surface area contributed by atoms with E-state index in [1.807, 2.05) is 6.08 Å². The lowest BCUT2D eigenvalue weighted by Crippen LogP contribution is -1.71. The highest BCUT2D eigenvalue weighted by Gasteiger charge is 1.82. The van der Waals surface area contributed by atoms with Crippen LogP contribution in [0.4, 0.5) is 0 Å². The first-order valence-corrected chi connectivity index (χ1v) is 3.56. The van der Waals surface area contributed by atoms with Crippen LogP contribution in [0.2, 0.25) is 0 Å². The smallest absolute Gasteiger partial charge is 0.0621 e. The van der Waals surface area contributed by atoms with Crippen LogP contribution < -0.4 is 0 Å². The SMILES string of the molecule is C=C/C=C/CCCCC#N. The quantitative estimate of drug-likeness (QED) is 0.420. The van der Waals surface area contributed by atoms with E-state index in [1.54, 1.807) is 6.08 Å². The van der Waals surface area contributed by atoms with Crippen LogP contribution in [0.25, 0.3) is 0 Å². The molecule has 0 bridgehead atoms. The van der Waals surface area contributed by atoms with Gasteiger partial charge < -0.3 is 0 Å². The fourth-order valence-electron chi connectivity index (χ4n) is 0.659. The largest absolute Gasteiger partial charge is 0.198 e. The number of nitriles is 1. The molecule has 0 unspecified atom stereocenters. The number of unbranched alkanes of at least 4 members (excludes halogenated alkanes) is 3. The van der Waals surface area contributed by atoms with Crippen LogP contribution in [0.15, 0.2) is 24.8 Å². The summed E-state index contributed by atoms with van der Waals surface area (Å²) in [5.74, 6) is 0. The minimum atomic E-state index is 0.682. The molecule has 54 valence electrons. The maximum Gasteiger partial charge on any atom is 0.0621 e. The van der Waals surface area contributed by atoms with Crippen molar-refractivity contribution < 1.29 is 0 Å². The maximum atomic E-state index is 8.18. The van der Waals surface area contributed by atoms with Gasteiger partial charge in [0.05, 0.1) is 6.07 Å². The van der Waals surface area contributed by atoms with Crippen LogP contribution in [0.1, 0.15) is 25.7 Å². The average Bonchev–Trinajstić information content (AvgIpc) is 1.97. The Bertz CT molecular complexity index is 139. The summed E-state index contributed by atoms with van der Waals surface area (Å²) in [5, 5.41) is 8.18. The maximum absolute atomic E-state index is 8.18. The first kappa shape index (κ1) is 8.97. The Morgan fingerprint density at radius 2 is 2.20 bits per heavy atom. The third-order valence-electron chi connectivity index (χ3n) is 1.18. The number of nitrogens with zero attached hydrogens (tertiary/aromatic N) is 1. The molecular weight excluding hydrogens is 122 g/mol. The minimum Gasteiger partial charge on any atom is -0.198 e. The number of allylic oxidation sites excluding steroid dienone is 3. The van der Waals surface area contributed by atoms with Gasteiger partial charge in [-0.15, -0.1) is 0 Å². The fourth-order valence-corrected chi connectivity index (χ4v) is 0.659. The van der Waals surface area contributed by atoms with Crippen molar-refractivity contribution in [1.82, 2.24) is 0 Å². The third kappa shape index (κ3) is 6.97. The zero-order valence-corrected chi connectivity index (χ0v) is 6.21. The Morgan fingerprint density at radius 1 is 1.40 bits per heavy atom. The Kier molecular flexibility index (Phi) is 7.15. The molecule has 0 spiro atoms. The van der Waals surface area contributed by atoms with Crippen molar-refractivity contribution in [2.75, 3.05) is 0 Å². The topological polar surface area (TPSA) is 23.8 Å². The van der Waals surface area contributed by atoms with E-state index >= 15 is 0 Å². The molecule has 0 atom stereocenters. The van der Waals surface area contributed by atoms with Crippen LogP contribution in [0.5, 0.6) is 0 Å². The summed E-state index contributed by atoms with van der Waals surface area (Å²) in [6, 6.07) is 2.11. The summed E-state index contributed by atoms with van der Waals surface area (Å²) >= 11 is 0. The van der Waals surface area contributed by atoms with Crippen molar-refractivity contribution in [3.05, 3.63) is 24.8 Å². The molecule has 0 aliphatic rings. The molecule has 1 heteroatoms. The molecule has 0 aliphatic heterocycles. The van der Waals surface area contributed by atoms with Crippen molar-refractivity contribution in [3.8, 4) is 6.07 Å². The van der Waals surface area contributed by atoms with Crippen molar-refractivity contribution in [2.45, 2.75) is 25.7 Å². The van der Waals surface area contributed by atoms with Gasteiger partial charge in [0, 0.05) is 6.42 Å². The Labute approximate surface area is 62.7 Å². The summed E-state index contributed by atoms with van der Waals surface area (Å²) in [6.07, 6.45) is 9.65. The third-order valence-corrected chi connectivity index (χ3v) is 1.18. The van der Waals surface area contributed by atoms with E-state index in [2.05, 4.69) is 18.7 Å². The molecule has 0 aromatic carbocycles. The monoisotopic (exact) mass is 135 g/mol. The second-order valence-electron chi connectivity index (χ2n) is 2.07. The van der Waals surface area contributed by atoms with Gasteiger partial charge in [-0.25, -0.2) is 0 Å². The summed E-state index contributed by atoms with van der Waals surface area (Å²) in [7, 11) is 0. The summed E-state index contributed by atoms with van der Waals surface area (Å²) in [5.41, 5.74) is 0. The Balaban J connectivity index is 2.99. The molecule has 0 fully saturated rings. The van der Waals surface area contributed by atoms with Crippen LogP contribution in [0.3, 0.4) is 0 Å². The predicted molar refractivity (Wildman–Crippen MR) is 43.4 cm³/mol. The Hall–Kier alpha value is -1.03. The van der Waals surface area contributed by atoms with E-state index in [-0.39, 0.29) is 0 Å². The zero-order chi connectivity index (χ0) is 7.66. The van der Waals surface area contributed by atoms with E-state index in [1.165, 1.54) is 0 Å². The molecule has 0 radical (unpaired) electrons. The van der Waals surface area contributed by atoms with Crippen molar-refractivity contribution in [1.29, 1.82) is 5.26 Å². The second kappa shape index (κ2) is 7.97. The normalized spacial score (nSPS) is 9.50. The average molecular weight is 135 g/mol. The van der Waals surface area contributed by atoms with Gasteiger partial charge in [-0.2, -0.15) is 5.26 Å². The first-order valence-electron chi connectivity index (χ1n) is 3.56. The molecule has 10 heavy (non-hydrogen) atoms. The number of hydrogen-bond donors (Lipinski definition) is 0. The van der Waals surface area contributed by atoms with Gasteiger partial charge in [0.15, 0.2) is 0 Å². The molecule has 0 rings (SSSR count). The van der Waals surface area contributed by atoms with Crippen LogP contribution in [-0.4, -0.2) is 0 Å². The highest BCUT2D eigenvalue weighted by Crippen LogP contribution is 1.98. The van der Waals surface area contributed by atoms with Crippen LogP contribution in [-0.2, 0) is 0 Å². The Morgan fingerprint density at radius 3 is 2.80 bits per heavy atom. The fraction of sp³-hybridized carbons (Fsp3) is 0.444. The zero-order valence-electron chi connectivity index (χ0n) is 6.21. The van der Waals surface area contributed by atoms with Gasteiger partial charge in [0.25, 0.3) is 0 Å². The van der Waals surface area contributed by atoms with Gasteiger partial charge >= 0.3 is 0 Å². The molecule has 0 amide bonds. The van der Waals surface area contributed by atoms with Gasteiger partial charge in [-0.05, 0) is 19.3 Å². The molecular formula is C9H13N. The lowest BCUT2D eigenvalue weighted by molar-refractivity contribution is 0.768. The molecule has 0 N–H and O–H groups in total. The van der Waals surface area contributed by atoms with Crippen molar-refractivity contribution in [2.24, 2.45) is 0 Å². The molecule has 0 aliphatic carbocycles. The van der Waals surface area contributed by atoms with E-state index in [0.717, 1.165) is 19.3 Å². The number of hydrogen-bond acceptors (Lipinski definition) is 1. The highest BCUT2D eigenvalue weighted by molar-refractivity contribution is 4.96. The van der Waals surface area contributed by atoms with E-state index < -0.39 is 0 Å². The van der Waals surface area contributed by atoms with Crippen LogP contribution in [0, 0.1) is 11.3 Å². The first-order chi connectivity index (χ1) is 4.91. The van der Waals surface area contributed by atoms with Gasteiger partial charge in [0.1, 0.15) is 0 Å². The molecule has 1 nitrogen and oxygen atoms in total. The van der Waals surface area contributed by atoms with Gasteiger partial charge in [0.2, 0.25) is 0 Å². The van der Waals surface area contributed by atoms with E-state index in [9.17, 15) is 0 Å². The standard InChI is InChI=1S/C9H13N/c1-2-3-4-5-6-7-8-9-10/h2-4H,1,5-8H2/b4-3+. The summed E-state index contributed by atoms with van der Waals surface area (Å²) in [4.78, 5) is 0. The highest BCUT2D eigenvalue weighted by atomic mass is 14.2. The predicted octanol–water partition coefficient (Wildman–Crippen LogP) is 2.81. The van der Waals surface area contributed by atoms with Crippen molar-refractivity contribution >= 4 is 0 Å². The molecule has 0 aromatic rings. The summed E-state index contributed by atoms with van der Waals surface area (Å²) < 4.78 is 0. The lowest BCUT2D eigenvalue weighted by Gasteiger charge is -1.87. The van der Waals surface area contributed by atoms with Crippen LogP contribution >= 0.6 is 0 Å².